The van der Waals surface area contributed by atoms with Crippen molar-refractivity contribution in [2.24, 2.45) is 0 Å². The number of ether oxygens (including phenoxy) is 2. The van der Waals surface area contributed by atoms with Gasteiger partial charge in [-0.15, -0.1) is 0 Å². The normalized spacial score (nSPS) is 13.2. The number of esters is 1. The van der Waals surface area contributed by atoms with Crippen LogP contribution in [0.15, 0.2) is 60.7 Å². The van der Waals surface area contributed by atoms with Gasteiger partial charge in [0.05, 0.1) is 32.2 Å². The fraction of sp³-hybridized carbons (Fsp3) is 0.344. The molecule has 0 bridgehead atoms. The number of methoxy groups -OCH3 is 1. The number of benzene rings is 3. The van der Waals surface area contributed by atoms with Crippen molar-refractivity contribution in [2.75, 3.05) is 35.8 Å². The van der Waals surface area contributed by atoms with E-state index >= 15 is 0 Å². The molecule has 0 spiro atoms. The molecular weight excluding hydrogens is 506 g/mol. The lowest BCUT2D eigenvalue weighted by molar-refractivity contribution is -0.143. The first kappa shape index (κ1) is 28.7. The highest BCUT2D eigenvalue weighted by Crippen LogP contribution is 2.32. The number of hydrogen-bond acceptors (Lipinski definition) is 5. The van der Waals surface area contributed by atoms with Gasteiger partial charge in [-0.05, 0) is 79.1 Å². The van der Waals surface area contributed by atoms with Crippen LogP contribution in [0.25, 0.3) is 0 Å². The average Bonchev–Trinajstić information content (AvgIpc) is 2.94. The van der Waals surface area contributed by atoms with Gasteiger partial charge in [0.1, 0.15) is 5.75 Å². The minimum atomic E-state index is -0.378. The van der Waals surface area contributed by atoms with Crippen molar-refractivity contribution in [1.82, 2.24) is 0 Å². The first-order chi connectivity index (χ1) is 19.3. The maximum atomic E-state index is 13.4. The summed E-state index contributed by atoms with van der Waals surface area (Å²) in [7, 11) is 1.53. The molecule has 0 radical (unpaired) electrons. The second kappa shape index (κ2) is 13.2. The molecule has 1 atom stereocenters. The molecule has 1 unspecified atom stereocenters. The van der Waals surface area contributed by atoms with E-state index in [0.29, 0.717) is 31.0 Å². The maximum Gasteiger partial charge on any atom is 0.323 e. The molecule has 1 aliphatic heterocycles. The molecule has 3 aromatic rings. The molecular formula is C32H37N3O5. The summed E-state index contributed by atoms with van der Waals surface area (Å²) in [5.74, 6) is 0.305. The van der Waals surface area contributed by atoms with Gasteiger partial charge in [0.25, 0.3) is 0 Å². The van der Waals surface area contributed by atoms with Crippen molar-refractivity contribution in [2.45, 2.75) is 52.4 Å². The second-order valence-corrected chi connectivity index (χ2v) is 10.1. The van der Waals surface area contributed by atoms with Gasteiger partial charge in [-0.25, -0.2) is 4.79 Å². The summed E-state index contributed by atoms with van der Waals surface area (Å²) >= 11 is 0. The molecule has 0 fully saturated rings. The van der Waals surface area contributed by atoms with Gasteiger partial charge in [0, 0.05) is 17.9 Å². The van der Waals surface area contributed by atoms with E-state index in [0.717, 1.165) is 46.5 Å². The lowest BCUT2D eigenvalue weighted by atomic mass is 9.92. The van der Waals surface area contributed by atoms with Crippen LogP contribution >= 0.6 is 0 Å². The van der Waals surface area contributed by atoms with E-state index in [1.54, 1.807) is 19.1 Å². The lowest BCUT2D eigenvalue weighted by Gasteiger charge is -2.30. The summed E-state index contributed by atoms with van der Waals surface area (Å²) in [5.41, 5.74) is 6.09. The smallest absolute Gasteiger partial charge is 0.323 e. The summed E-state index contributed by atoms with van der Waals surface area (Å²) < 4.78 is 10.6. The fourth-order valence-electron chi connectivity index (χ4n) is 4.98. The number of rotatable bonds is 9. The number of fused-ring (bicyclic) bond motifs is 1. The first-order valence-electron chi connectivity index (χ1n) is 13.7. The van der Waals surface area contributed by atoms with Crippen LogP contribution in [0.3, 0.4) is 0 Å². The van der Waals surface area contributed by atoms with E-state index in [-0.39, 0.29) is 30.2 Å². The lowest BCUT2D eigenvalue weighted by Crippen LogP contribution is -2.36. The Balaban J connectivity index is 1.43. The summed E-state index contributed by atoms with van der Waals surface area (Å²) in [5, 5.41) is 5.67. The van der Waals surface area contributed by atoms with Crippen molar-refractivity contribution < 1.29 is 23.9 Å². The summed E-state index contributed by atoms with van der Waals surface area (Å²) in [6, 6.07) is 18.6. The third kappa shape index (κ3) is 7.00. The maximum absolute atomic E-state index is 13.4. The molecule has 40 heavy (non-hydrogen) atoms. The van der Waals surface area contributed by atoms with Crippen LogP contribution in [-0.2, 0) is 27.2 Å². The zero-order valence-electron chi connectivity index (χ0n) is 23.6. The number of carbonyl (C=O) groups excluding carboxylic acids is 3. The average molecular weight is 544 g/mol. The number of nitrogens with one attached hydrogen (secondary N) is 2. The van der Waals surface area contributed by atoms with Crippen molar-refractivity contribution in [1.29, 1.82) is 0 Å². The van der Waals surface area contributed by atoms with Crippen LogP contribution in [0.1, 0.15) is 54.9 Å². The number of hydrogen-bond donors (Lipinski definition) is 2. The van der Waals surface area contributed by atoms with E-state index in [9.17, 15) is 14.4 Å². The van der Waals surface area contributed by atoms with Gasteiger partial charge in [-0.2, -0.15) is 0 Å². The largest absolute Gasteiger partial charge is 0.495 e. The molecule has 0 saturated carbocycles. The zero-order chi connectivity index (χ0) is 28.6. The molecule has 8 heteroatoms. The molecule has 4 rings (SSSR count). The van der Waals surface area contributed by atoms with Crippen molar-refractivity contribution in [3.8, 4) is 5.75 Å². The Labute approximate surface area is 235 Å². The van der Waals surface area contributed by atoms with E-state index < -0.39 is 0 Å². The Morgan fingerprint density at radius 1 is 1.00 bits per heavy atom. The van der Waals surface area contributed by atoms with E-state index in [1.165, 1.54) is 7.11 Å². The number of carbonyl (C=O) groups is 3. The van der Waals surface area contributed by atoms with Crippen molar-refractivity contribution >= 4 is 35.0 Å². The predicted octanol–water partition coefficient (Wildman–Crippen LogP) is 6.23. The molecule has 210 valence electrons. The molecule has 0 aliphatic carbocycles. The predicted molar refractivity (Wildman–Crippen MR) is 157 cm³/mol. The standard InChI is InChI=1S/C32H37N3O5/c1-5-40-31(37)17-22(3)24-13-15-28-25(20-24)10-8-16-35(28)30(36)19-23-12-14-27(29(18-23)39-4)34-32(38)33-26-11-7-6-9-21(26)2/h6-7,9,11-15,18,20,22H,5,8,10,16-17,19H2,1-4H3,(H2,33,34,38). The van der Waals surface area contributed by atoms with Gasteiger partial charge in [-0.1, -0.05) is 43.3 Å². The minimum Gasteiger partial charge on any atom is -0.495 e. The first-order valence-corrected chi connectivity index (χ1v) is 13.7. The van der Waals surface area contributed by atoms with Crippen LogP contribution in [0, 0.1) is 6.92 Å². The number of amides is 3. The van der Waals surface area contributed by atoms with Crippen LogP contribution in [-0.4, -0.2) is 38.2 Å². The Kier molecular flexibility index (Phi) is 9.43. The van der Waals surface area contributed by atoms with E-state index in [4.69, 9.17) is 9.47 Å². The van der Waals surface area contributed by atoms with Gasteiger partial charge >= 0.3 is 12.0 Å². The Bertz CT molecular complexity index is 1390. The quantitative estimate of drug-likeness (QED) is 0.312. The number of nitrogens with zero attached hydrogens (tertiary/aromatic N) is 1. The molecule has 1 heterocycles. The SMILES string of the molecule is CCOC(=O)CC(C)c1ccc2c(c1)CCCN2C(=O)Cc1ccc(NC(=O)Nc2ccccc2C)c(OC)c1. The van der Waals surface area contributed by atoms with Crippen LogP contribution in [0.4, 0.5) is 21.9 Å². The van der Waals surface area contributed by atoms with Gasteiger partial charge in [0.15, 0.2) is 0 Å². The monoisotopic (exact) mass is 543 g/mol. The third-order valence-electron chi connectivity index (χ3n) is 7.13. The molecule has 8 nitrogen and oxygen atoms in total. The fourth-order valence-corrected chi connectivity index (χ4v) is 4.98. The highest BCUT2D eigenvalue weighted by atomic mass is 16.5. The number of anilines is 3. The molecule has 1 aliphatic rings. The molecule has 3 aromatic carbocycles. The second-order valence-electron chi connectivity index (χ2n) is 10.1. The van der Waals surface area contributed by atoms with Crippen LogP contribution < -0.4 is 20.3 Å². The third-order valence-corrected chi connectivity index (χ3v) is 7.13. The Morgan fingerprint density at radius 2 is 1.77 bits per heavy atom. The summed E-state index contributed by atoms with van der Waals surface area (Å²) in [6.07, 6.45) is 2.29. The zero-order valence-corrected chi connectivity index (χ0v) is 23.6. The Morgan fingerprint density at radius 3 is 2.52 bits per heavy atom. The van der Waals surface area contributed by atoms with Gasteiger partial charge < -0.3 is 25.0 Å². The number of urea groups is 1. The molecule has 0 aromatic heterocycles. The summed E-state index contributed by atoms with van der Waals surface area (Å²) in [6.45, 7) is 6.78. The highest BCUT2D eigenvalue weighted by molar-refractivity contribution is 6.01. The Hall–Kier alpha value is -4.33. The van der Waals surface area contributed by atoms with Crippen molar-refractivity contribution in [3.63, 3.8) is 0 Å². The van der Waals surface area contributed by atoms with Crippen LogP contribution in [0.2, 0.25) is 0 Å². The number of para-hydroxylation sites is 1. The van der Waals surface area contributed by atoms with E-state index in [1.807, 2.05) is 61.2 Å². The molecule has 0 saturated heterocycles. The molecule has 3 amide bonds. The van der Waals surface area contributed by atoms with E-state index in [2.05, 4.69) is 16.7 Å². The molecule has 2 N–H and O–H groups in total. The number of aryl methyl sites for hydroxylation is 2. The summed E-state index contributed by atoms with van der Waals surface area (Å²) in [4.78, 5) is 39.8. The van der Waals surface area contributed by atoms with Crippen molar-refractivity contribution in [3.05, 3.63) is 82.9 Å². The topological polar surface area (TPSA) is 97.0 Å². The van der Waals surface area contributed by atoms with Gasteiger partial charge in [-0.3, -0.25) is 9.59 Å². The highest BCUT2D eigenvalue weighted by Gasteiger charge is 2.24. The van der Waals surface area contributed by atoms with Crippen LogP contribution in [0.5, 0.6) is 5.75 Å². The minimum absolute atomic E-state index is 0.00618. The van der Waals surface area contributed by atoms with Gasteiger partial charge in [0.2, 0.25) is 5.91 Å².